The smallest absolute Gasteiger partial charge is 0.859 e. The Morgan fingerprint density at radius 3 is 2.39 bits per heavy atom. The molecule has 0 aliphatic heterocycles. The molecule has 0 radical (unpaired) electrons. The topological polar surface area (TPSA) is 72.7 Å². The molecule has 0 aromatic carbocycles. The molecule has 0 spiro atoms. The van der Waals surface area contributed by atoms with E-state index in [2.05, 4.69) is 24.1 Å². The van der Waals surface area contributed by atoms with Crippen LogP contribution in [-0.4, -0.2) is 23.5 Å². The van der Waals surface area contributed by atoms with Crippen LogP contribution < -0.4 is 56.5 Å². The van der Waals surface area contributed by atoms with Crippen LogP contribution in [0.1, 0.15) is 39.0 Å². The van der Waals surface area contributed by atoms with Crippen molar-refractivity contribution in [3.05, 3.63) is 24.3 Å². The maximum atomic E-state index is 11.0. The summed E-state index contributed by atoms with van der Waals surface area (Å²) in [7, 11) is 0. The summed E-state index contributed by atoms with van der Waals surface area (Å²) in [5.41, 5.74) is 0. The van der Waals surface area contributed by atoms with Crippen LogP contribution in [0.3, 0.4) is 0 Å². The molecule has 0 aliphatic carbocycles. The number of aliphatic carboxylic acids is 1. The first-order valence-electron chi connectivity index (χ1n) is 5.94. The molecule has 0 aromatic heterocycles. The minimum absolute atomic E-state index is 0. The van der Waals surface area contributed by atoms with E-state index in [-0.39, 0.29) is 51.4 Å². The number of carboxylic acid groups (broad SMARTS) is 1. The van der Waals surface area contributed by atoms with Crippen molar-refractivity contribution < 1.29 is 66.4 Å². The Hall–Kier alpha value is 0.0564. The van der Waals surface area contributed by atoms with Gasteiger partial charge in [-0.05, 0) is 31.2 Å². The molecule has 0 heterocycles. The SMILES string of the molecule is CCCC/C=C/CCCN=C([O-])/C=C/C(=O)O.[K+]. The average molecular weight is 277 g/mol. The number of allylic oxidation sites excluding steroid dienone is 2. The fourth-order valence-corrected chi connectivity index (χ4v) is 1.15. The van der Waals surface area contributed by atoms with E-state index in [1.807, 2.05) is 0 Å². The Balaban J connectivity index is 0. The van der Waals surface area contributed by atoms with Gasteiger partial charge in [0.2, 0.25) is 0 Å². The van der Waals surface area contributed by atoms with Crippen molar-refractivity contribution in [2.75, 3.05) is 6.54 Å². The number of nitrogens with zero attached hydrogens (tertiary/aromatic N) is 1. The van der Waals surface area contributed by atoms with E-state index >= 15 is 0 Å². The van der Waals surface area contributed by atoms with Crippen LogP contribution in [0.2, 0.25) is 0 Å². The molecule has 0 aliphatic rings. The molecule has 96 valence electrons. The molecule has 5 heteroatoms. The van der Waals surface area contributed by atoms with Gasteiger partial charge in [0.25, 0.3) is 0 Å². The van der Waals surface area contributed by atoms with E-state index in [0.29, 0.717) is 6.54 Å². The summed E-state index contributed by atoms with van der Waals surface area (Å²) in [4.78, 5) is 13.8. The Morgan fingerprint density at radius 2 is 1.83 bits per heavy atom. The van der Waals surface area contributed by atoms with Gasteiger partial charge in [0.05, 0.1) is 0 Å². The number of carbonyl (C=O) groups is 1. The summed E-state index contributed by atoms with van der Waals surface area (Å²) in [6.07, 6.45) is 11.3. The number of aliphatic imine (C=N–C) groups is 1. The van der Waals surface area contributed by atoms with Crippen LogP contribution in [0.25, 0.3) is 0 Å². The van der Waals surface area contributed by atoms with Crippen molar-refractivity contribution in [3.8, 4) is 0 Å². The number of hydrogen-bond donors (Lipinski definition) is 1. The molecule has 0 aromatic rings. The van der Waals surface area contributed by atoms with Crippen LogP contribution >= 0.6 is 0 Å². The van der Waals surface area contributed by atoms with Gasteiger partial charge in [-0.15, -0.1) is 0 Å². The first-order valence-corrected chi connectivity index (χ1v) is 5.94. The van der Waals surface area contributed by atoms with Crippen molar-refractivity contribution >= 4 is 11.9 Å². The van der Waals surface area contributed by atoms with E-state index < -0.39 is 11.9 Å². The van der Waals surface area contributed by atoms with Crippen LogP contribution in [0.15, 0.2) is 29.3 Å². The molecule has 0 saturated carbocycles. The molecule has 0 bridgehead atoms. The number of hydrogen-bond acceptors (Lipinski definition) is 3. The zero-order valence-corrected chi connectivity index (χ0v) is 14.4. The second-order valence-electron chi connectivity index (χ2n) is 3.65. The van der Waals surface area contributed by atoms with Gasteiger partial charge < -0.3 is 15.2 Å². The van der Waals surface area contributed by atoms with Gasteiger partial charge in [-0.2, -0.15) is 0 Å². The van der Waals surface area contributed by atoms with Crippen LogP contribution in [-0.2, 0) is 4.79 Å². The van der Waals surface area contributed by atoms with E-state index in [0.717, 1.165) is 31.4 Å². The van der Waals surface area contributed by atoms with Gasteiger partial charge in [-0.3, -0.25) is 0 Å². The number of unbranched alkanes of at least 4 members (excludes halogenated alkanes) is 3. The maximum Gasteiger partial charge on any atom is 1.00 e. The Bertz CT molecular complexity index is 299. The van der Waals surface area contributed by atoms with Gasteiger partial charge in [0.1, 0.15) is 0 Å². The largest absolute Gasteiger partial charge is 1.00 e. The van der Waals surface area contributed by atoms with Crippen LogP contribution in [0.4, 0.5) is 0 Å². The maximum absolute atomic E-state index is 11.0. The Kier molecular flexibility index (Phi) is 17.1. The van der Waals surface area contributed by atoms with E-state index in [9.17, 15) is 9.90 Å². The molecule has 0 amide bonds. The first kappa shape index (κ1) is 20.4. The third-order valence-electron chi connectivity index (χ3n) is 2.06. The second-order valence-corrected chi connectivity index (χ2v) is 3.65. The normalized spacial score (nSPS) is 11.9. The summed E-state index contributed by atoms with van der Waals surface area (Å²) in [5.74, 6) is -1.62. The van der Waals surface area contributed by atoms with Crippen molar-refractivity contribution in [3.63, 3.8) is 0 Å². The van der Waals surface area contributed by atoms with Crippen molar-refractivity contribution in [2.45, 2.75) is 39.0 Å². The third kappa shape index (κ3) is 16.1. The van der Waals surface area contributed by atoms with E-state index in [1.165, 1.54) is 12.8 Å². The van der Waals surface area contributed by atoms with Gasteiger partial charge in [-0.1, -0.05) is 31.9 Å². The predicted molar refractivity (Wildman–Crippen MR) is 67.0 cm³/mol. The Labute approximate surface area is 151 Å². The molecule has 0 rings (SSSR count). The second kappa shape index (κ2) is 15.1. The van der Waals surface area contributed by atoms with Gasteiger partial charge >= 0.3 is 57.4 Å². The summed E-state index contributed by atoms with van der Waals surface area (Å²) in [6.45, 7) is 2.60. The Morgan fingerprint density at radius 1 is 1.22 bits per heavy atom. The first-order chi connectivity index (χ1) is 8.16. The minimum atomic E-state index is -1.13. The summed E-state index contributed by atoms with van der Waals surface area (Å²) >= 11 is 0. The molecule has 1 N–H and O–H groups in total. The summed E-state index contributed by atoms with van der Waals surface area (Å²) < 4.78 is 0. The minimum Gasteiger partial charge on any atom is -0.859 e. The van der Waals surface area contributed by atoms with Crippen molar-refractivity contribution in [1.29, 1.82) is 0 Å². The summed E-state index contributed by atoms with van der Waals surface area (Å²) in [6, 6.07) is 0. The van der Waals surface area contributed by atoms with Crippen LogP contribution in [0.5, 0.6) is 0 Å². The van der Waals surface area contributed by atoms with Gasteiger partial charge in [0, 0.05) is 12.6 Å². The molecular weight excluding hydrogens is 257 g/mol. The molecule has 0 saturated heterocycles. The molecule has 4 nitrogen and oxygen atoms in total. The van der Waals surface area contributed by atoms with E-state index in [4.69, 9.17) is 5.11 Å². The predicted octanol–water partition coefficient (Wildman–Crippen LogP) is -1.08. The number of rotatable bonds is 9. The number of carboxylic acids is 1. The quantitative estimate of drug-likeness (QED) is 0.145. The van der Waals surface area contributed by atoms with Gasteiger partial charge in [0.15, 0.2) is 0 Å². The third-order valence-corrected chi connectivity index (χ3v) is 2.06. The molecule has 18 heavy (non-hydrogen) atoms. The molecule has 0 atom stereocenters. The molecular formula is C13H20KNO3. The zero-order chi connectivity index (χ0) is 12.9. The fourth-order valence-electron chi connectivity index (χ4n) is 1.15. The fraction of sp³-hybridized carbons (Fsp3) is 0.538. The van der Waals surface area contributed by atoms with Gasteiger partial charge in [-0.25, -0.2) is 4.79 Å². The van der Waals surface area contributed by atoms with E-state index in [1.54, 1.807) is 0 Å². The molecule has 0 fully saturated rings. The standard InChI is InChI=1S/C13H21NO3.K/c1-2-3-4-5-6-7-8-11-14-12(15)9-10-13(16)17;/h5-6,9-10H,2-4,7-8,11H2,1H3,(H,14,15)(H,16,17);/q;+1/p-1/b6-5+,10-9+;. The van der Waals surface area contributed by atoms with Crippen molar-refractivity contribution in [1.82, 2.24) is 0 Å². The zero-order valence-electron chi connectivity index (χ0n) is 11.3. The average Bonchev–Trinajstić information content (AvgIpc) is 2.30. The monoisotopic (exact) mass is 277 g/mol. The van der Waals surface area contributed by atoms with Crippen molar-refractivity contribution in [2.24, 2.45) is 4.99 Å². The molecule has 0 unspecified atom stereocenters. The van der Waals surface area contributed by atoms with Crippen LogP contribution in [0, 0.1) is 0 Å². The summed E-state index contributed by atoms with van der Waals surface area (Å²) in [5, 5.41) is 19.3.